The van der Waals surface area contributed by atoms with Gasteiger partial charge in [-0.3, -0.25) is 5.32 Å². The summed E-state index contributed by atoms with van der Waals surface area (Å²) < 4.78 is 6.24. The number of carbonyl (C=O) groups excluding carboxylic acids is 1. The lowest BCUT2D eigenvalue weighted by atomic mass is 10.0. The monoisotopic (exact) mass is 353 g/mol. The lowest BCUT2D eigenvalue weighted by molar-refractivity contribution is -0.146. The summed E-state index contributed by atoms with van der Waals surface area (Å²) in [5.74, 6) is -0.181. The summed E-state index contributed by atoms with van der Waals surface area (Å²) in [4.78, 5) is 12.3. The maximum Gasteiger partial charge on any atom is 0.327 e. The SMILES string of the molecule is CCOC(=O)C(NC1CCCCCC1)c1cccc(Br)c1. The summed E-state index contributed by atoms with van der Waals surface area (Å²) in [6.45, 7) is 2.26. The molecule has 3 nitrogen and oxygen atoms in total. The van der Waals surface area contributed by atoms with Crippen LogP contribution in [0, 0.1) is 0 Å². The number of hydrogen-bond donors (Lipinski definition) is 1. The van der Waals surface area contributed by atoms with E-state index >= 15 is 0 Å². The number of esters is 1. The van der Waals surface area contributed by atoms with Gasteiger partial charge in [0.15, 0.2) is 0 Å². The van der Waals surface area contributed by atoms with E-state index in [1.165, 1.54) is 25.7 Å². The predicted octanol–water partition coefficient (Wildman–Crippen LogP) is 4.37. The lowest BCUT2D eigenvalue weighted by Crippen LogP contribution is -2.37. The van der Waals surface area contributed by atoms with E-state index in [2.05, 4.69) is 21.2 Å². The molecule has 4 heteroatoms. The first-order valence-corrected chi connectivity index (χ1v) is 8.68. The third-order valence-corrected chi connectivity index (χ3v) is 4.46. The van der Waals surface area contributed by atoms with Gasteiger partial charge in [0, 0.05) is 10.5 Å². The molecule has 1 N–H and O–H groups in total. The number of ether oxygens (including phenoxy) is 1. The Morgan fingerprint density at radius 1 is 1.33 bits per heavy atom. The van der Waals surface area contributed by atoms with Crippen LogP contribution in [0.4, 0.5) is 0 Å². The van der Waals surface area contributed by atoms with E-state index in [4.69, 9.17) is 4.74 Å². The number of halogens is 1. The smallest absolute Gasteiger partial charge is 0.327 e. The lowest BCUT2D eigenvalue weighted by Gasteiger charge is -2.24. The van der Waals surface area contributed by atoms with E-state index in [9.17, 15) is 4.79 Å². The molecule has 0 heterocycles. The average Bonchev–Trinajstić information content (AvgIpc) is 2.73. The van der Waals surface area contributed by atoms with E-state index in [1.54, 1.807) is 0 Å². The van der Waals surface area contributed by atoms with Crippen LogP contribution in [0.25, 0.3) is 0 Å². The summed E-state index contributed by atoms with van der Waals surface area (Å²) in [6.07, 6.45) is 7.38. The van der Waals surface area contributed by atoms with Gasteiger partial charge in [-0.05, 0) is 37.5 Å². The maximum atomic E-state index is 12.3. The Labute approximate surface area is 135 Å². The third kappa shape index (κ3) is 5.11. The average molecular weight is 354 g/mol. The van der Waals surface area contributed by atoms with E-state index < -0.39 is 0 Å². The molecule has 0 spiro atoms. The fourth-order valence-corrected chi connectivity index (χ4v) is 3.31. The second-order valence-corrected chi connectivity index (χ2v) is 6.51. The summed E-state index contributed by atoms with van der Waals surface area (Å²) in [7, 11) is 0. The second kappa shape index (κ2) is 8.54. The Hall–Kier alpha value is -0.870. The number of carbonyl (C=O) groups is 1. The highest BCUT2D eigenvalue weighted by molar-refractivity contribution is 9.10. The van der Waals surface area contributed by atoms with Crippen LogP contribution in [0.2, 0.25) is 0 Å². The molecule has 1 aliphatic rings. The first kappa shape index (κ1) is 16.5. The van der Waals surface area contributed by atoms with E-state index in [1.807, 2.05) is 31.2 Å². The fourth-order valence-electron chi connectivity index (χ4n) is 2.89. The molecule has 0 amide bonds. The third-order valence-electron chi connectivity index (χ3n) is 3.96. The Bertz CT molecular complexity index is 456. The molecule has 0 radical (unpaired) electrons. The Kier molecular flexibility index (Phi) is 6.71. The van der Waals surface area contributed by atoms with Crippen LogP contribution in [0.3, 0.4) is 0 Å². The first-order valence-electron chi connectivity index (χ1n) is 7.89. The molecule has 0 saturated heterocycles. The normalized spacial score (nSPS) is 18.0. The van der Waals surface area contributed by atoms with Crippen molar-refractivity contribution in [1.82, 2.24) is 5.32 Å². The van der Waals surface area contributed by atoms with Crippen molar-refractivity contribution < 1.29 is 9.53 Å². The minimum Gasteiger partial charge on any atom is -0.465 e. The molecule has 1 saturated carbocycles. The first-order chi connectivity index (χ1) is 10.2. The summed E-state index contributed by atoms with van der Waals surface area (Å²) in [5, 5.41) is 3.53. The van der Waals surface area contributed by atoms with E-state index in [-0.39, 0.29) is 12.0 Å². The largest absolute Gasteiger partial charge is 0.465 e. The zero-order chi connectivity index (χ0) is 15.1. The predicted molar refractivity (Wildman–Crippen MR) is 88.1 cm³/mol. The van der Waals surface area contributed by atoms with Gasteiger partial charge < -0.3 is 4.74 Å². The van der Waals surface area contributed by atoms with Crippen molar-refractivity contribution >= 4 is 21.9 Å². The molecule has 0 aliphatic heterocycles. The van der Waals surface area contributed by atoms with Crippen molar-refractivity contribution in [3.63, 3.8) is 0 Å². The molecule has 0 bridgehead atoms. The van der Waals surface area contributed by atoms with Crippen molar-refractivity contribution in [2.45, 2.75) is 57.5 Å². The van der Waals surface area contributed by atoms with Gasteiger partial charge in [0.05, 0.1) is 6.61 Å². The molecule has 0 aromatic heterocycles. The van der Waals surface area contributed by atoms with E-state index in [0.717, 1.165) is 22.9 Å². The van der Waals surface area contributed by atoms with Crippen molar-refractivity contribution in [1.29, 1.82) is 0 Å². The number of hydrogen-bond acceptors (Lipinski definition) is 3. The summed E-state index contributed by atoms with van der Waals surface area (Å²) in [6, 6.07) is 7.94. The van der Waals surface area contributed by atoms with Crippen LogP contribution in [-0.2, 0) is 9.53 Å². The molecule has 1 atom stereocenters. The topological polar surface area (TPSA) is 38.3 Å². The minimum absolute atomic E-state index is 0.181. The Balaban J connectivity index is 2.13. The summed E-state index contributed by atoms with van der Waals surface area (Å²) >= 11 is 3.48. The molecule has 1 aromatic carbocycles. The fraction of sp³-hybridized carbons (Fsp3) is 0.588. The van der Waals surface area contributed by atoms with Crippen LogP contribution in [0.1, 0.15) is 57.1 Å². The number of rotatable bonds is 5. The van der Waals surface area contributed by atoms with Gasteiger partial charge in [0.25, 0.3) is 0 Å². The number of nitrogens with one attached hydrogen (secondary N) is 1. The van der Waals surface area contributed by atoms with Gasteiger partial charge in [-0.15, -0.1) is 0 Å². The van der Waals surface area contributed by atoms with Crippen LogP contribution in [0.15, 0.2) is 28.7 Å². The van der Waals surface area contributed by atoms with Crippen molar-refractivity contribution in [2.75, 3.05) is 6.61 Å². The highest BCUT2D eigenvalue weighted by Gasteiger charge is 2.25. The van der Waals surface area contributed by atoms with Crippen molar-refractivity contribution in [3.8, 4) is 0 Å². The molecule has 1 aliphatic carbocycles. The van der Waals surface area contributed by atoms with Crippen LogP contribution in [-0.4, -0.2) is 18.6 Å². The van der Waals surface area contributed by atoms with Gasteiger partial charge in [-0.1, -0.05) is 53.7 Å². The highest BCUT2D eigenvalue weighted by atomic mass is 79.9. The molecule has 1 fully saturated rings. The molecular formula is C17H24BrNO2. The van der Waals surface area contributed by atoms with E-state index in [0.29, 0.717) is 12.6 Å². The zero-order valence-electron chi connectivity index (χ0n) is 12.6. The molecule has 116 valence electrons. The molecule has 1 unspecified atom stereocenters. The quantitative estimate of drug-likeness (QED) is 0.631. The maximum absolute atomic E-state index is 12.3. The van der Waals surface area contributed by atoms with Gasteiger partial charge in [-0.25, -0.2) is 4.79 Å². The molecular weight excluding hydrogens is 330 g/mol. The number of benzene rings is 1. The zero-order valence-corrected chi connectivity index (χ0v) is 14.2. The minimum atomic E-state index is -0.370. The Morgan fingerprint density at radius 2 is 2.05 bits per heavy atom. The van der Waals surface area contributed by atoms with Crippen LogP contribution < -0.4 is 5.32 Å². The van der Waals surface area contributed by atoms with Crippen LogP contribution in [0.5, 0.6) is 0 Å². The molecule has 2 rings (SSSR count). The highest BCUT2D eigenvalue weighted by Crippen LogP contribution is 2.24. The van der Waals surface area contributed by atoms with Crippen molar-refractivity contribution in [2.24, 2.45) is 0 Å². The standard InChI is InChI=1S/C17H24BrNO2/c1-2-21-17(20)16(13-8-7-9-14(18)12-13)19-15-10-5-3-4-6-11-15/h7-9,12,15-16,19H,2-6,10-11H2,1H3. The second-order valence-electron chi connectivity index (χ2n) is 5.60. The molecule has 21 heavy (non-hydrogen) atoms. The van der Waals surface area contributed by atoms with Crippen LogP contribution >= 0.6 is 15.9 Å². The van der Waals surface area contributed by atoms with Gasteiger partial charge >= 0.3 is 5.97 Å². The Morgan fingerprint density at radius 3 is 2.67 bits per heavy atom. The van der Waals surface area contributed by atoms with Gasteiger partial charge in [0.2, 0.25) is 0 Å². The summed E-state index contributed by atoms with van der Waals surface area (Å²) in [5.41, 5.74) is 0.965. The molecule has 1 aromatic rings. The van der Waals surface area contributed by atoms with Crippen molar-refractivity contribution in [3.05, 3.63) is 34.3 Å². The van der Waals surface area contributed by atoms with Gasteiger partial charge in [-0.2, -0.15) is 0 Å². The van der Waals surface area contributed by atoms with Gasteiger partial charge in [0.1, 0.15) is 6.04 Å².